The largest absolute Gasteiger partial charge is 0.321 e. The minimum absolute atomic E-state index is 0.0354. The molecule has 1 fully saturated rings. The molecule has 1 heteroatoms. The van der Waals surface area contributed by atoms with Crippen LogP contribution in [0.2, 0.25) is 0 Å². The third kappa shape index (κ3) is 1.16. The van der Waals surface area contributed by atoms with Crippen molar-refractivity contribution < 1.29 is 0 Å². The first-order valence-corrected chi connectivity index (χ1v) is 4.07. The van der Waals surface area contributed by atoms with Crippen molar-refractivity contribution >= 4 is 0 Å². The number of hydrogen-bond acceptors (Lipinski definition) is 1. The minimum atomic E-state index is 0.0354. The van der Waals surface area contributed by atoms with Gasteiger partial charge in [0.25, 0.3) is 0 Å². The molecule has 58 valence electrons. The van der Waals surface area contributed by atoms with Crippen molar-refractivity contribution in [3.8, 4) is 0 Å². The van der Waals surface area contributed by atoms with E-state index in [1.54, 1.807) is 0 Å². The Morgan fingerprint density at radius 3 is 2.18 bits per heavy atom. The summed E-state index contributed by atoms with van der Waals surface area (Å²) in [4.78, 5) is 0. The van der Waals surface area contributed by atoms with Crippen molar-refractivity contribution in [2.75, 3.05) is 0 Å². The molecule has 0 amide bonds. The zero-order valence-electron chi connectivity index (χ0n) is 6.80. The summed E-state index contributed by atoms with van der Waals surface area (Å²) in [7, 11) is 0. The van der Waals surface area contributed by atoms with Crippen molar-refractivity contribution in [2.45, 2.75) is 25.3 Å². The van der Waals surface area contributed by atoms with Crippen LogP contribution in [0.5, 0.6) is 0 Å². The second-order valence-corrected chi connectivity index (χ2v) is 3.52. The summed E-state index contributed by atoms with van der Waals surface area (Å²) >= 11 is 0. The maximum Gasteiger partial charge on any atom is 0.0411 e. The van der Waals surface area contributed by atoms with Gasteiger partial charge in [-0.1, -0.05) is 29.8 Å². The van der Waals surface area contributed by atoms with Crippen molar-refractivity contribution in [3.05, 3.63) is 35.4 Å². The van der Waals surface area contributed by atoms with Gasteiger partial charge in [0.15, 0.2) is 0 Å². The molecule has 0 spiro atoms. The molecule has 0 bridgehead atoms. The van der Waals surface area contributed by atoms with Gasteiger partial charge in [0, 0.05) is 5.54 Å². The predicted octanol–water partition coefficient (Wildman–Crippen LogP) is 1.94. The van der Waals surface area contributed by atoms with Crippen LogP contribution < -0.4 is 5.73 Å². The molecule has 0 aliphatic heterocycles. The van der Waals surface area contributed by atoms with E-state index in [0.29, 0.717) is 0 Å². The van der Waals surface area contributed by atoms with Crippen LogP contribution >= 0.6 is 0 Å². The molecule has 2 N–H and O–H groups in total. The van der Waals surface area contributed by atoms with Gasteiger partial charge in [-0.3, -0.25) is 0 Å². The highest BCUT2D eigenvalue weighted by atomic mass is 14.8. The molecule has 0 aromatic heterocycles. The van der Waals surface area contributed by atoms with Gasteiger partial charge in [-0.25, -0.2) is 0 Å². The summed E-state index contributed by atoms with van der Waals surface area (Å²) in [5, 5.41) is 0. The van der Waals surface area contributed by atoms with Crippen LogP contribution in [0.15, 0.2) is 24.3 Å². The molecule has 1 aliphatic carbocycles. The van der Waals surface area contributed by atoms with Crippen molar-refractivity contribution in [1.82, 2.24) is 0 Å². The molecule has 11 heavy (non-hydrogen) atoms. The van der Waals surface area contributed by atoms with Crippen LogP contribution in [0, 0.1) is 6.92 Å². The van der Waals surface area contributed by atoms with Crippen molar-refractivity contribution in [1.29, 1.82) is 0 Å². The van der Waals surface area contributed by atoms with Crippen LogP contribution in [0.1, 0.15) is 24.0 Å². The molecule has 1 aromatic carbocycles. The van der Waals surface area contributed by atoms with E-state index in [1.807, 2.05) is 0 Å². The molecule has 1 aliphatic rings. The highest BCUT2D eigenvalue weighted by Gasteiger charge is 2.39. The zero-order chi connectivity index (χ0) is 7.90. The van der Waals surface area contributed by atoms with E-state index in [-0.39, 0.29) is 5.54 Å². The summed E-state index contributed by atoms with van der Waals surface area (Å²) in [5.41, 5.74) is 8.65. The van der Waals surface area contributed by atoms with E-state index >= 15 is 0 Å². The van der Waals surface area contributed by atoms with Gasteiger partial charge in [0.1, 0.15) is 0 Å². The fourth-order valence-corrected chi connectivity index (χ4v) is 1.31. The van der Waals surface area contributed by atoms with Gasteiger partial charge in [-0.05, 0) is 25.3 Å². The van der Waals surface area contributed by atoms with Gasteiger partial charge < -0.3 is 5.73 Å². The summed E-state index contributed by atoms with van der Waals surface area (Å²) in [6.45, 7) is 2.10. The van der Waals surface area contributed by atoms with Crippen molar-refractivity contribution in [3.63, 3.8) is 0 Å². The molecule has 1 nitrogen and oxygen atoms in total. The molecule has 0 unspecified atom stereocenters. The third-order valence-electron chi connectivity index (χ3n) is 2.42. The quantitative estimate of drug-likeness (QED) is 0.645. The summed E-state index contributed by atoms with van der Waals surface area (Å²) in [6.07, 6.45) is 2.30. The number of aryl methyl sites for hydroxylation is 1. The summed E-state index contributed by atoms with van der Waals surface area (Å²) in [6, 6.07) is 8.54. The van der Waals surface area contributed by atoms with E-state index in [0.717, 1.165) is 12.8 Å². The average molecular weight is 147 g/mol. The van der Waals surface area contributed by atoms with Gasteiger partial charge in [-0.15, -0.1) is 0 Å². The van der Waals surface area contributed by atoms with E-state index in [2.05, 4.69) is 31.2 Å². The molecule has 0 atom stereocenters. The lowest BCUT2D eigenvalue weighted by Gasteiger charge is -2.08. The highest BCUT2D eigenvalue weighted by molar-refractivity contribution is 5.31. The highest BCUT2D eigenvalue weighted by Crippen LogP contribution is 2.42. The Bertz CT molecular complexity index is 257. The molecular formula is C10H13N. The Balaban J connectivity index is 2.33. The Morgan fingerprint density at radius 1 is 1.18 bits per heavy atom. The summed E-state index contributed by atoms with van der Waals surface area (Å²) < 4.78 is 0. The first-order chi connectivity index (χ1) is 5.21. The van der Waals surface area contributed by atoms with Gasteiger partial charge in [0.2, 0.25) is 0 Å². The predicted molar refractivity (Wildman–Crippen MR) is 46.3 cm³/mol. The number of benzene rings is 1. The zero-order valence-corrected chi connectivity index (χ0v) is 6.80. The second-order valence-electron chi connectivity index (χ2n) is 3.52. The minimum Gasteiger partial charge on any atom is -0.321 e. The first kappa shape index (κ1) is 6.86. The smallest absolute Gasteiger partial charge is 0.0411 e. The standard InChI is InChI=1S/C10H13N/c1-8-2-4-9(5-3-8)10(11)6-7-10/h2-5H,6-7,11H2,1H3. The molecular weight excluding hydrogens is 134 g/mol. The topological polar surface area (TPSA) is 26.0 Å². The van der Waals surface area contributed by atoms with Crippen molar-refractivity contribution in [2.24, 2.45) is 5.73 Å². The fourth-order valence-electron chi connectivity index (χ4n) is 1.31. The average Bonchev–Trinajstić information content (AvgIpc) is 2.70. The lowest BCUT2D eigenvalue weighted by atomic mass is 10.0. The number of rotatable bonds is 1. The lowest BCUT2D eigenvalue weighted by Crippen LogP contribution is -2.18. The maximum atomic E-state index is 6.02. The van der Waals surface area contributed by atoms with Crippen LogP contribution in [-0.4, -0.2) is 0 Å². The van der Waals surface area contributed by atoms with Crippen LogP contribution in [-0.2, 0) is 5.54 Å². The monoisotopic (exact) mass is 147 g/mol. The van der Waals surface area contributed by atoms with Gasteiger partial charge in [0.05, 0.1) is 0 Å². The van der Waals surface area contributed by atoms with E-state index in [9.17, 15) is 0 Å². The lowest BCUT2D eigenvalue weighted by molar-refractivity contribution is 0.740. The Kier molecular flexibility index (Phi) is 1.30. The first-order valence-electron chi connectivity index (χ1n) is 4.07. The van der Waals surface area contributed by atoms with E-state index in [4.69, 9.17) is 5.73 Å². The van der Waals surface area contributed by atoms with E-state index in [1.165, 1.54) is 11.1 Å². The Hall–Kier alpha value is -0.820. The number of nitrogens with two attached hydrogens (primary N) is 1. The second kappa shape index (κ2) is 2.08. The van der Waals surface area contributed by atoms with Crippen LogP contribution in [0.4, 0.5) is 0 Å². The van der Waals surface area contributed by atoms with Crippen LogP contribution in [0.3, 0.4) is 0 Å². The molecule has 1 saturated carbocycles. The molecule has 1 aromatic rings. The van der Waals surface area contributed by atoms with Crippen LogP contribution in [0.25, 0.3) is 0 Å². The fraction of sp³-hybridized carbons (Fsp3) is 0.400. The molecule has 0 heterocycles. The third-order valence-corrected chi connectivity index (χ3v) is 2.42. The van der Waals surface area contributed by atoms with Gasteiger partial charge >= 0.3 is 0 Å². The molecule has 0 saturated heterocycles. The Morgan fingerprint density at radius 2 is 1.73 bits per heavy atom. The SMILES string of the molecule is Cc1ccc(C2(N)CC2)cc1. The molecule has 0 radical (unpaired) electrons. The van der Waals surface area contributed by atoms with E-state index < -0.39 is 0 Å². The number of hydrogen-bond donors (Lipinski definition) is 1. The summed E-state index contributed by atoms with van der Waals surface area (Å²) in [5.74, 6) is 0. The maximum absolute atomic E-state index is 6.02. The molecule has 2 rings (SSSR count). The normalized spacial score (nSPS) is 19.8. The van der Waals surface area contributed by atoms with Gasteiger partial charge in [-0.2, -0.15) is 0 Å². The Labute approximate surface area is 67.2 Å².